The summed E-state index contributed by atoms with van der Waals surface area (Å²) in [5.74, 6) is 0.665. The SMILES string of the molecule is COC1CN(C(=O)c2cccc(OCc3cn4ccccc4n3)c2)C1. The molecule has 0 saturated carbocycles. The highest BCUT2D eigenvalue weighted by Crippen LogP contribution is 2.20. The lowest BCUT2D eigenvalue weighted by Crippen LogP contribution is -2.54. The van der Waals surface area contributed by atoms with E-state index in [1.165, 1.54) is 0 Å². The molecule has 6 heteroatoms. The van der Waals surface area contributed by atoms with Gasteiger partial charge in [0.15, 0.2) is 0 Å². The number of methoxy groups -OCH3 is 1. The molecular weight excluding hydrogens is 318 g/mol. The van der Waals surface area contributed by atoms with Gasteiger partial charge in [0.2, 0.25) is 0 Å². The second kappa shape index (κ2) is 6.57. The molecule has 3 heterocycles. The average Bonchev–Trinajstić information content (AvgIpc) is 3.02. The van der Waals surface area contributed by atoms with E-state index < -0.39 is 0 Å². The number of likely N-dealkylation sites (tertiary alicyclic amines) is 1. The lowest BCUT2D eigenvalue weighted by Gasteiger charge is -2.38. The number of rotatable bonds is 5. The summed E-state index contributed by atoms with van der Waals surface area (Å²) in [5.41, 5.74) is 2.35. The summed E-state index contributed by atoms with van der Waals surface area (Å²) >= 11 is 0. The number of carbonyl (C=O) groups excluding carboxylic acids is 1. The number of pyridine rings is 1. The summed E-state index contributed by atoms with van der Waals surface area (Å²) in [6.07, 6.45) is 4.04. The molecule has 2 aromatic heterocycles. The first-order valence-corrected chi connectivity index (χ1v) is 8.20. The number of nitrogens with zero attached hydrogens (tertiary/aromatic N) is 3. The Labute approximate surface area is 145 Å². The van der Waals surface area contributed by atoms with Crippen molar-refractivity contribution >= 4 is 11.6 Å². The molecule has 0 bridgehead atoms. The van der Waals surface area contributed by atoms with E-state index in [1.54, 1.807) is 24.1 Å². The molecule has 0 N–H and O–H groups in total. The van der Waals surface area contributed by atoms with Crippen molar-refractivity contribution in [3.8, 4) is 5.75 Å². The van der Waals surface area contributed by atoms with Crippen molar-refractivity contribution in [1.82, 2.24) is 14.3 Å². The Kier molecular flexibility index (Phi) is 4.11. The van der Waals surface area contributed by atoms with Crippen molar-refractivity contribution in [2.45, 2.75) is 12.7 Å². The van der Waals surface area contributed by atoms with Crippen LogP contribution < -0.4 is 4.74 Å². The topological polar surface area (TPSA) is 56.1 Å². The molecular formula is C19H19N3O3. The van der Waals surface area contributed by atoms with Crippen molar-refractivity contribution in [1.29, 1.82) is 0 Å². The van der Waals surface area contributed by atoms with Gasteiger partial charge in [0.05, 0.1) is 11.8 Å². The third-order valence-corrected chi connectivity index (χ3v) is 4.35. The van der Waals surface area contributed by atoms with Crippen LogP contribution in [0.2, 0.25) is 0 Å². The second-order valence-corrected chi connectivity index (χ2v) is 6.08. The zero-order valence-electron chi connectivity index (χ0n) is 14.0. The Bertz CT molecular complexity index is 867. The van der Waals surface area contributed by atoms with E-state index in [4.69, 9.17) is 9.47 Å². The van der Waals surface area contributed by atoms with E-state index in [1.807, 2.05) is 47.1 Å². The van der Waals surface area contributed by atoms with Gasteiger partial charge in [0, 0.05) is 38.2 Å². The summed E-state index contributed by atoms with van der Waals surface area (Å²) in [7, 11) is 1.67. The number of hydrogen-bond acceptors (Lipinski definition) is 4. The predicted octanol–water partition coefficient (Wildman–Crippen LogP) is 2.38. The van der Waals surface area contributed by atoms with Gasteiger partial charge in [-0.05, 0) is 30.3 Å². The van der Waals surface area contributed by atoms with Crippen LogP contribution in [-0.4, -0.2) is 46.5 Å². The predicted molar refractivity (Wildman–Crippen MR) is 92.7 cm³/mol. The Morgan fingerprint density at radius 2 is 2.12 bits per heavy atom. The fraction of sp³-hybridized carbons (Fsp3) is 0.263. The molecule has 1 amide bonds. The Balaban J connectivity index is 1.42. The second-order valence-electron chi connectivity index (χ2n) is 6.08. The van der Waals surface area contributed by atoms with E-state index in [-0.39, 0.29) is 12.0 Å². The number of carbonyl (C=O) groups is 1. The molecule has 0 aliphatic carbocycles. The number of fused-ring (bicyclic) bond motifs is 1. The smallest absolute Gasteiger partial charge is 0.254 e. The van der Waals surface area contributed by atoms with Gasteiger partial charge in [-0.2, -0.15) is 0 Å². The number of imidazole rings is 1. The molecule has 0 atom stereocenters. The highest BCUT2D eigenvalue weighted by Gasteiger charge is 2.31. The van der Waals surface area contributed by atoms with Crippen molar-refractivity contribution in [2.75, 3.05) is 20.2 Å². The van der Waals surface area contributed by atoms with E-state index >= 15 is 0 Å². The normalized spacial score (nSPS) is 14.5. The minimum absolute atomic E-state index is 0.00600. The maximum Gasteiger partial charge on any atom is 0.254 e. The molecule has 1 fully saturated rings. The fourth-order valence-electron chi connectivity index (χ4n) is 2.87. The third kappa shape index (κ3) is 3.21. The molecule has 25 heavy (non-hydrogen) atoms. The molecule has 1 aromatic carbocycles. The first-order chi connectivity index (χ1) is 12.2. The van der Waals surface area contributed by atoms with Gasteiger partial charge in [-0.1, -0.05) is 12.1 Å². The summed E-state index contributed by atoms with van der Waals surface area (Å²) in [6.45, 7) is 1.64. The first kappa shape index (κ1) is 15.7. The van der Waals surface area contributed by atoms with Gasteiger partial charge in [-0.3, -0.25) is 4.79 Å². The van der Waals surface area contributed by atoms with Crippen LogP contribution in [-0.2, 0) is 11.3 Å². The molecule has 128 valence electrons. The fourth-order valence-corrected chi connectivity index (χ4v) is 2.87. The number of amides is 1. The average molecular weight is 337 g/mol. The molecule has 6 nitrogen and oxygen atoms in total. The van der Waals surface area contributed by atoms with Crippen LogP contribution in [0.3, 0.4) is 0 Å². The van der Waals surface area contributed by atoms with Crippen molar-refractivity contribution in [2.24, 2.45) is 0 Å². The summed E-state index contributed by atoms with van der Waals surface area (Å²) in [5, 5.41) is 0. The van der Waals surface area contributed by atoms with E-state index in [0.29, 0.717) is 31.0 Å². The lowest BCUT2D eigenvalue weighted by molar-refractivity contribution is -0.0192. The highest BCUT2D eigenvalue weighted by molar-refractivity contribution is 5.95. The molecule has 1 saturated heterocycles. The van der Waals surface area contributed by atoms with Gasteiger partial charge < -0.3 is 18.8 Å². The molecule has 4 rings (SSSR count). The number of ether oxygens (including phenoxy) is 2. The van der Waals surface area contributed by atoms with Crippen LogP contribution in [0, 0.1) is 0 Å². The largest absolute Gasteiger partial charge is 0.487 e. The van der Waals surface area contributed by atoms with Crippen LogP contribution in [0.5, 0.6) is 5.75 Å². The maximum absolute atomic E-state index is 12.4. The van der Waals surface area contributed by atoms with Crippen molar-refractivity contribution in [3.05, 3.63) is 66.1 Å². The van der Waals surface area contributed by atoms with E-state index in [9.17, 15) is 4.79 Å². The molecule has 3 aromatic rings. The monoisotopic (exact) mass is 337 g/mol. The zero-order valence-corrected chi connectivity index (χ0v) is 14.0. The Morgan fingerprint density at radius 3 is 2.92 bits per heavy atom. The lowest BCUT2D eigenvalue weighted by atomic mass is 10.1. The van der Waals surface area contributed by atoms with Crippen LogP contribution >= 0.6 is 0 Å². The van der Waals surface area contributed by atoms with Crippen LogP contribution in [0.25, 0.3) is 5.65 Å². The van der Waals surface area contributed by atoms with Crippen LogP contribution in [0.1, 0.15) is 16.1 Å². The quantitative estimate of drug-likeness (QED) is 0.717. The van der Waals surface area contributed by atoms with Crippen molar-refractivity contribution in [3.63, 3.8) is 0 Å². The van der Waals surface area contributed by atoms with Crippen LogP contribution in [0.4, 0.5) is 0 Å². The minimum atomic E-state index is 0.00600. The van der Waals surface area contributed by atoms with Gasteiger partial charge >= 0.3 is 0 Å². The third-order valence-electron chi connectivity index (χ3n) is 4.35. The Hall–Kier alpha value is -2.86. The first-order valence-electron chi connectivity index (χ1n) is 8.20. The number of hydrogen-bond donors (Lipinski definition) is 0. The number of aromatic nitrogens is 2. The summed E-state index contributed by atoms with van der Waals surface area (Å²) in [6, 6.07) is 13.1. The minimum Gasteiger partial charge on any atom is -0.487 e. The molecule has 0 unspecified atom stereocenters. The highest BCUT2D eigenvalue weighted by atomic mass is 16.5. The molecule has 0 spiro atoms. The Morgan fingerprint density at radius 1 is 1.24 bits per heavy atom. The molecule has 1 aliphatic rings. The summed E-state index contributed by atoms with van der Waals surface area (Å²) < 4.78 is 13.0. The summed E-state index contributed by atoms with van der Waals surface area (Å²) in [4.78, 5) is 18.7. The van der Waals surface area contributed by atoms with E-state index in [0.717, 1.165) is 11.3 Å². The molecule has 1 aliphatic heterocycles. The van der Waals surface area contributed by atoms with Gasteiger partial charge in [0.25, 0.3) is 5.91 Å². The van der Waals surface area contributed by atoms with Gasteiger partial charge in [0.1, 0.15) is 18.0 Å². The van der Waals surface area contributed by atoms with Crippen molar-refractivity contribution < 1.29 is 14.3 Å². The maximum atomic E-state index is 12.4. The molecule has 0 radical (unpaired) electrons. The van der Waals surface area contributed by atoms with Gasteiger partial charge in [-0.25, -0.2) is 4.98 Å². The standard InChI is InChI=1S/C19H19N3O3/c1-24-17-11-22(12-17)19(23)14-5-4-6-16(9-14)25-13-15-10-21-8-3-2-7-18(21)20-15/h2-10,17H,11-13H2,1H3. The van der Waals surface area contributed by atoms with Crippen LogP contribution in [0.15, 0.2) is 54.9 Å². The zero-order chi connectivity index (χ0) is 17.2. The number of benzene rings is 1. The van der Waals surface area contributed by atoms with Gasteiger partial charge in [-0.15, -0.1) is 0 Å². The van der Waals surface area contributed by atoms with E-state index in [2.05, 4.69) is 4.98 Å².